The molecule has 0 saturated carbocycles. The molecular weight excluding hydrogens is 304 g/mol. The van der Waals surface area contributed by atoms with Crippen LogP contribution in [0.15, 0.2) is 59.8 Å². The van der Waals surface area contributed by atoms with Crippen molar-refractivity contribution >= 4 is 5.91 Å². The Balaban J connectivity index is 1.54. The van der Waals surface area contributed by atoms with Crippen LogP contribution in [0.2, 0.25) is 0 Å². The van der Waals surface area contributed by atoms with Crippen LogP contribution in [0.4, 0.5) is 0 Å². The van der Waals surface area contributed by atoms with E-state index in [0.29, 0.717) is 25.1 Å². The quantitative estimate of drug-likeness (QED) is 0.782. The third kappa shape index (κ3) is 2.62. The molecule has 24 heavy (non-hydrogen) atoms. The molecule has 3 heterocycles. The molecule has 1 N–H and O–H groups in total. The highest BCUT2D eigenvalue weighted by atomic mass is 16.2. The number of hydrogen-bond donors (Lipinski definition) is 1. The molecule has 0 saturated heterocycles. The fourth-order valence-electron chi connectivity index (χ4n) is 3.00. The predicted molar refractivity (Wildman–Crippen MR) is 89.1 cm³/mol. The monoisotopic (exact) mass is 320 g/mol. The van der Waals surface area contributed by atoms with E-state index in [9.17, 15) is 9.59 Å². The highest BCUT2D eigenvalue weighted by molar-refractivity contribution is 5.94. The van der Waals surface area contributed by atoms with Crippen molar-refractivity contribution in [3.63, 3.8) is 0 Å². The van der Waals surface area contributed by atoms with Gasteiger partial charge in [0, 0.05) is 43.3 Å². The third-order valence-electron chi connectivity index (χ3n) is 4.29. The van der Waals surface area contributed by atoms with Crippen molar-refractivity contribution in [1.82, 2.24) is 19.7 Å². The Labute approximate surface area is 138 Å². The number of aromatic amines is 1. The van der Waals surface area contributed by atoms with Crippen molar-refractivity contribution in [3.05, 3.63) is 82.0 Å². The van der Waals surface area contributed by atoms with Crippen LogP contribution in [0, 0.1) is 0 Å². The van der Waals surface area contributed by atoms with Crippen LogP contribution < -0.4 is 5.56 Å². The van der Waals surface area contributed by atoms with Crippen molar-refractivity contribution in [1.29, 1.82) is 0 Å². The fraction of sp³-hybridized carbons (Fsp3) is 0.167. The number of carbonyl (C=O) groups is 1. The minimum absolute atomic E-state index is 0.00105. The number of pyridine rings is 1. The molecule has 1 aliphatic heterocycles. The Hall–Kier alpha value is -3.15. The fourth-order valence-corrected chi connectivity index (χ4v) is 3.00. The number of carbonyl (C=O) groups excluding carboxylic acids is 1. The second-order valence-electron chi connectivity index (χ2n) is 5.82. The van der Waals surface area contributed by atoms with E-state index < -0.39 is 0 Å². The summed E-state index contributed by atoms with van der Waals surface area (Å²) in [6.07, 6.45) is 5.99. The molecule has 0 spiro atoms. The maximum atomic E-state index is 12.7. The van der Waals surface area contributed by atoms with E-state index in [4.69, 9.17) is 0 Å². The lowest BCUT2D eigenvalue weighted by atomic mass is 10.0. The van der Waals surface area contributed by atoms with Gasteiger partial charge in [0.05, 0.1) is 5.69 Å². The molecule has 1 aromatic carbocycles. The molecule has 0 unspecified atom stereocenters. The van der Waals surface area contributed by atoms with E-state index in [1.54, 1.807) is 23.1 Å². The van der Waals surface area contributed by atoms with E-state index >= 15 is 0 Å². The molecule has 0 atom stereocenters. The average molecular weight is 320 g/mol. The molecule has 1 amide bonds. The second-order valence-corrected chi connectivity index (χ2v) is 5.82. The van der Waals surface area contributed by atoms with Crippen LogP contribution >= 0.6 is 0 Å². The number of hydrogen-bond acceptors (Lipinski definition) is 3. The molecule has 3 aromatic rings. The standard InChI is InChI=1S/C18H16N4O2/c23-17-10-14-6-9-21(12-15(14)11-19-17)18(24)13-2-4-16(5-3-13)22-8-1-7-20-22/h1-5,7-8,10-11H,6,9,12H2,(H,19,23). The van der Waals surface area contributed by atoms with Crippen molar-refractivity contribution in [2.45, 2.75) is 13.0 Å². The number of benzene rings is 1. The molecule has 1 aliphatic rings. The first-order valence-electron chi connectivity index (χ1n) is 7.80. The smallest absolute Gasteiger partial charge is 0.254 e. The summed E-state index contributed by atoms with van der Waals surface area (Å²) in [6.45, 7) is 1.14. The summed E-state index contributed by atoms with van der Waals surface area (Å²) < 4.78 is 1.75. The average Bonchev–Trinajstić information content (AvgIpc) is 3.15. The minimum atomic E-state index is -0.0947. The van der Waals surface area contributed by atoms with Crippen molar-refractivity contribution < 1.29 is 4.79 Å². The van der Waals surface area contributed by atoms with Gasteiger partial charge >= 0.3 is 0 Å². The van der Waals surface area contributed by atoms with Crippen molar-refractivity contribution in [3.8, 4) is 5.69 Å². The van der Waals surface area contributed by atoms with Crippen LogP contribution in [0.1, 0.15) is 21.5 Å². The van der Waals surface area contributed by atoms with Crippen molar-refractivity contribution in [2.24, 2.45) is 0 Å². The number of amides is 1. The molecule has 0 aliphatic carbocycles. The summed E-state index contributed by atoms with van der Waals surface area (Å²) in [5.74, 6) is -0.00105. The molecular formula is C18H16N4O2. The van der Waals surface area contributed by atoms with E-state index in [1.165, 1.54) is 0 Å². The van der Waals surface area contributed by atoms with E-state index in [2.05, 4.69) is 10.1 Å². The molecule has 0 radical (unpaired) electrons. The molecule has 0 bridgehead atoms. The van der Waals surface area contributed by atoms with Gasteiger partial charge in [-0.05, 0) is 47.9 Å². The van der Waals surface area contributed by atoms with Crippen LogP contribution in [0.3, 0.4) is 0 Å². The molecule has 6 nitrogen and oxygen atoms in total. The van der Waals surface area contributed by atoms with Crippen molar-refractivity contribution in [2.75, 3.05) is 6.54 Å². The Morgan fingerprint density at radius 2 is 2.00 bits per heavy atom. The molecule has 0 fully saturated rings. The van der Waals surface area contributed by atoms with Crippen LogP contribution in [0.5, 0.6) is 0 Å². The maximum absolute atomic E-state index is 12.7. The SMILES string of the molecule is O=C(c1ccc(-n2cccn2)cc1)N1CCc2cc(=O)[nH]cc2C1. The Bertz CT molecular complexity index is 926. The number of aromatic nitrogens is 3. The summed E-state index contributed by atoms with van der Waals surface area (Å²) in [5, 5.41) is 4.18. The summed E-state index contributed by atoms with van der Waals surface area (Å²) in [5.41, 5.74) is 3.50. The topological polar surface area (TPSA) is 71.0 Å². The summed E-state index contributed by atoms with van der Waals surface area (Å²) >= 11 is 0. The molecule has 2 aromatic heterocycles. The van der Waals surface area contributed by atoms with Gasteiger partial charge in [-0.2, -0.15) is 5.10 Å². The Morgan fingerprint density at radius 3 is 2.75 bits per heavy atom. The third-order valence-corrected chi connectivity index (χ3v) is 4.29. The highest BCUT2D eigenvalue weighted by Gasteiger charge is 2.22. The van der Waals surface area contributed by atoms with Crippen LogP contribution in [0.25, 0.3) is 5.69 Å². The van der Waals surface area contributed by atoms with Gasteiger partial charge in [-0.3, -0.25) is 9.59 Å². The molecule has 120 valence electrons. The van der Waals surface area contributed by atoms with Gasteiger partial charge < -0.3 is 9.88 Å². The summed E-state index contributed by atoms with van der Waals surface area (Å²) in [6, 6.07) is 10.9. The van der Waals surface area contributed by atoms with Gasteiger partial charge in [0.25, 0.3) is 5.91 Å². The number of H-pyrrole nitrogens is 1. The zero-order valence-corrected chi connectivity index (χ0v) is 13.0. The highest BCUT2D eigenvalue weighted by Crippen LogP contribution is 2.19. The first kappa shape index (κ1) is 14.4. The Morgan fingerprint density at radius 1 is 1.17 bits per heavy atom. The zero-order valence-electron chi connectivity index (χ0n) is 13.0. The van der Waals surface area contributed by atoms with E-state index in [0.717, 1.165) is 16.8 Å². The second kappa shape index (κ2) is 5.81. The lowest BCUT2D eigenvalue weighted by molar-refractivity contribution is 0.0734. The van der Waals surface area contributed by atoms with Gasteiger partial charge in [0.2, 0.25) is 5.56 Å². The predicted octanol–water partition coefficient (Wildman–Crippen LogP) is 1.76. The maximum Gasteiger partial charge on any atom is 0.254 e. The minimum Gasteiger partial charge on any atom is -0.334 e. The first-order valence-corrected chi connectivity index (χ1v) is 7.80. The summed E-state index contributed by atoms with van der Waals surface area (Å²) in [7, 11) is 0. The number of nitrogens with one attached hydrogen (secondary N) is 1. The lowest BCUT2D eigenvalue weighted by Crippen LogP contribution is -2.36. The number of fused-ring (bicyclic) bond motifs is 1. The number of rotatable bonds is 2. The van der Waals surface area contributed by atoms with Gasteiger partial charge in [-0.25, -0.2) is 4.68 Å². The Kier molecular flexibility index (Phi) is 3.49. The van der Waals surface area contributed by atoms with Gasteiger partial charge in [0.1, 0.15) is 0 Å². The zero-order chi connectivity index (χ0) is 16.5. The lowest BCUT2D eigenvalue weighted by Gasteiger charge is -2.28. The van der Waals surface area contributed by atoms with Gasteiger partial charge in [-0.1, -0.05) is 0 Å². The van der Waals surface area contributed by atoms with Gasteiger partial charge in [-0.15, -0.1) is 0 Å². The molecule has 6 heteroatoms. The first-order chi connectivity index (χ1) is 11.7. The normalized spacial score (nSPS) is 13.6. The van der Waals surface area contributed by atoms with Crippen LogP contribution in [-0.2, 0) is 13.0 Å². The van der Waals surface area contributed by atoms with Gasteiger partial charge in [0.15, 0.2) is 0 Å². The molecule has 4 rings (SSSR count). The van der Waals surface area contributed by atoms with E-state index in [1.807, 2.05) is 41.4 Å². The van der Waals surface area contributed by atoms with Crippen LogP contribution in [-0.4, -0.2) is 32.1 Å². The number of nitrogens with zero attached hydrogens (tertiary/aromatic N) is 3. The summed E-state index contributed by atoms with van der Waals surface area (Å²) in [4.78, 5) is 28.6. The largest absolute Gasteiger partial charge is 0.334 e. The van der Waals surface area contributed by atoms with E-state index in [-0.39, 0.29) is 11.5 Å².